The topological polar surface area (TPSA) is 44.3 Å². The van der Waals surface area contributed by atoms with E-state index in [1.807, 2.05) is 25.1 Å². The summed E-state index contributed by atoms with van der Waals surface area (Å²) < 4.78 is 0. The molecule has 0 bridgehead atoms. The zero-order valence-electron chi connectivity index (χ0n) is 17.3. The molecule has 0 amide bonds. The van der Waals surface area contributed by atoms with Gasteiger partial charge in [0.05, 0.1) is 23.1 Å². The maximum absolute atomic E-state index is 4.86. The summed E-state index contributed by atoms with van der Waals surface area (Å²) in [5.74, 6) is 0.575. The molecule has 1 N–H and O–H groups in total. The monoisotopic (exact) mass is 362 g/mol. The second-order valence-electron chi connectivity index (χ2n) is 7.93. The molecule has 1 aromatic carbocycles. The lowest BCUT2D eigenvalue weighted by Crippen LogP contribution is -2.23. The molecule has 27 heavy (non-hydrogen) atoms. The standard InChI is InChI=1S/C23H30N4/c1-8-18-11-19(9-14(2)3)17(7)27(26-15(4)5)23(18)20-10-16(6)22-21(12-20)13-24-25-22/h10-14H,7-9H2,1-6H3,(H,24,25). The van der Waals surface area contributed by atoms with Crippen LogP contribution in [0.1, 0.15) is 58.6 Å². The third kappa shape index (κ3) is 3.75. The summed E-state index contributed by atoms with van der Waals surface area (Å²) in [6, 6.07) is 4.41. The van der Waals surface area contributed by atoms with E-state index in [0.717, 1.165) is 46.4 Å². The number of H-pyrrole nitrogens is 1. The van der Waals surface area contributed by atoms with E-state index in [0.29, 0.717) is 5.92 Å². The highest BCUT2D eigenvalue weighted by Crippen LogP contribution is 2.39. The van der Waals surface area contributed by atoms with E-state index in [9.17, 15) is 0 Å². The molecule has 3 rings (SSSR count). The second-order valence-corrected chi connectivity index (χ2v) is 7.93. The highest BCUT2D eigenvalue weighted by Gasteiger charge is 2.26. The summed E-state index contributed by atoms with van der Waals surface area (Å²) in [4.78, 5) is 0. The Balaban J connectivity index is 2.25. The fourth-order valence-corrected chi connectivity index (χ4v) is 3.65. The van der Waals surface area contributed by atoms with Crippen LogP contribution in [0.4, 0.5) is 0 Å². The van der Waals surface area contributed by atoms with Crippen molar-refractivity contribution < 1.29 is 0 Å². The molecule has 0 radical (unpaired) electrons. The van der Waals surface area contributed by atoms with E-state index in [2.05, 4.69) is 62.7 Å². The number of aryl methyl sites for hydroxylation is 1. The van der Waals surface area contributed by atoms with E-state index in [1.54, 1.807) is 0 Å². The molecule has 0 atom stereocenters. The lowest BCUT2D eigenvalue weighted by molar-refractivity contribution is 0.505. The third-order valence-electron chi connectivity index (χ3n) is 4.82. The molecule has 0 saturated carbocycles. The molecule has 1 aliphatic heterocycles. The predicted molar refractivity (Wildman–Crippen MR) is 115 cm³/mol. The number of nitrogens with zero attached hydrogens (tertiary/aromatic N) is 3. The number of hydrogen-bond donors (Lipinski definition) is 1. The average molecular weight is 363 g/mol. The molecule has 0 unspecified atom stereocenters. The molecule has 2 aromatic rings. The molecule has 1 aliphatic rings. The lowest BCUT2D eigenvalue weighted by Gasteiger charge is -2.33. The number of benzene rings is 1. The van der Waals surface area contributed by atoms with Gasteiger partial charge in [-0.3, -0.25) is 5.10 Å². The molecule has 0 saturated heterocycles. The van der Waals surface area contributed by atoms with Crippen molar-refractivity contribution in [3.05, 3.63) is 59.0 Å². The van der Waals surface area contributed by atoms with Crippen LogP contribution in [0.3, 0.4) is 0 Å². The van der Waals surface area contributed by atoms with E-state index in [1.165, 1.54) is 16.7 Å². The SMILES string of the molecule is C=C1C(CC(C)C)=CC(CC)=C(c2cc(C)c3[nH]ncc3c2)N1N=C(C)C. The highest BCUT2D eigenvalue weighted by molar-refractivity contribution is 5.88. The van der Waals surface area contributed by atoms with Gasteiger partial charge in [-0.25, -0.2) is 5.01 Å². The lowest BCUT2D eigenvalue weighted by atomic mass is 9.91. The normalized spacial score (nSPS) is 15.0. The molecule has 0 spiro atoms. The molecule has 0 aliphatic carbocycles. The first-order chi connectivity index (χ1) is 12.8. The fraction of sp³-hybridized carbons (Fsp3) is 0.391. The Morgan fingerprint density at radius 2 is 2.04 bits per heavy atom. The van der Waals surface area contributed by atoms with Gasteiger partial charge in [0.1, 0.15) is 0 Å². The first kappa shape index (κ1) is 19.2. The quantitative estimate of drug-likeness (QED) is 0.644. The highest BCUT2D eigenvalue weighted by atomic mass is 15.5. The van der Waals surface area contributed by atoms with Crippen LogP contribution in [-0.4, -0.2) is 20.9 Å². The molecular formula is C23H30N4. The van der Waals surface area contributed by atoms with Gasteiger partial charge in [0, 0.05) is 16.7 Å². The molecule has 142 valence electrons. The minimum absolute atomic E-state index is 0.575. The Morgan fingerprint density at radius 3 is 2.67 bits per heavy atom. The smallest absolute Gasteiger partial charge is 0.0757 e. The Bertz CT molecular complexity index is 965. The summed E-state index contributed by atoms with van der Waals surface area (Å²) in [6.07, 6.45) is 6.16. The first-order valence-corrected chi connectivity index (χ1v) is 9.70. The van der Waals surface area contributed by atoms with Gasteiger partial charge in [0.2, 0.25) is 0 Å². The number of allylic oxidation sites excluding steroid dienone is 3. The van der Waals surface area contributed by atoms with Crippen molar-refractivity contribution in [2.45, 2.75) is 54.4 Å². The summed E-state index contributed by atoms with van der Waals surface area (Å²) in [6.45, 7) is 17.3. The number of hydrogen-bond acceptors (Lipinski definition) is 3. The van der Waals surface area contributed by atoms with Crippen LogP contribution >= 0.6 is 0 Å². The number of fused-ring (bicyclic) bond motifs is 1. The van der Waals surface area contributed by atoms with Crippen LogP contribution in [0.5, 0.6) is 0 Å². The van der Waals surface area contributed by atoms with Crippen molar-refractivity contribution in [3.8, 4) is 0 Å². The van der Waals surface area contributed by atoms with Crippen molar-refractivity contribution in [2.24, 2.45) is 11.0 Å². The minimum atomic E-state index is 0.575. The van der Waals surface area contributed by atoms with Crippen molar-refractivity contribution >= 4 is 22.3 Å². The van der Waals surface area contributed by atoms with E-state index < -0.39 is 0 Å². The maximum Gasteiger partial charge on any atom is 0.0757 e. The molecule has 4 nitrogen and oxygen atoms in total. The van der Waals surface area contributed by atoms with Crippen molar-refractivity contribution in [3.63, 3.8) is 0 Å². The number of hydrazone groups is 1. The molecule has 0 fully saturated rings. The number of aromatic amines is 1. The molecular weight excluding hydrogens is 332 g/mol. The van der Waals surface area contributed by atoms with Crippen LogP contribution in [0.15, 0.2) is 52.9 Å². The largest absolute Gasteiger partial charge is 0.278 e. The van der Waals surface area contributed by atoms with Crippen LogP contribution < -0.4 is 0 Å². The van der Waals surface area contributed by atoms with Gasteiger partial charge in [-0.15, -0.1) is 0 Å². The summed E-state index contributed by atoms with van der Waals surface area (Å²) >= 11 is 0. The second kappa shape index (κ2) is 7.55. The van der Waals surface area contributed by atoms with Crippen molar-refractivity contribution in [1.82, 2.24) is 15.2 Å². The van der Waals surface area contributed by atoms with E-state index in [4.69, 9.17) is 5.10 Å². The van der Waals surface area contributed by atoms with Crippen LogP contribution in [0, 0.1) is 12.8 Å². The van der Waals surface area contributed by atoms with E-state index >= 15 is 0 Å². The molecule has 4 heteroatoms. The Hall–Kier alpha value is -2.62. The van der Waals surface area contributed by atoms with Crippen LogP contribution in [-0.2, 0) is 0 Å². The van der Waals surface area contributed by atoms with E-state index in [-0.39, 0.29) is 0 Å². The Labute approximate surface area is 162 Å². The van der Waals surface area contributed by atoms with Gasteiger partial charge in [0.25, 0.3) is 0 Å². The maximum atomic E-state index is 4.86. The zero-order valence-corrected chi connectivity index (χ0v) is 17.3. The first-order valence-electron chi connectivity index (χ1n) is 9.70. The number of nitrogens with one attached hydrogen (secondary N) is 1. The Morgan fingerprint density at radius 1 is 1.30 bits per heavy atom. The fourth-order valence-electron chi connectivity index (χ4n) is 3.65. The summed E-state index contributed by atoms with van der Waals surface area (Å²) in [5, 5.41) is 15.3. The van der Waals surface area contributed by atoms with Gasteiger partial charge in [-0.2, -0.15) is 10.2 Å². The van der Waals surface area contributed by atoms with Crippen LogP contribution in [0.25, 0.3) is 16.6 Å². The average Bonchev–Trinajstić information content (AvgIpc) is 3.06. The van der Waals surface area contributed by atoms with Gasteiger partial charge >= 0.3 is 0 Å². The minimum Gasteiger partial charge on any atom is -0.278 e. The number of rotatable bonds is 5. The Kier molecular flexibility index (Phi) is 5.36. The predicted octanol–water partition coefficient (Wildman–Crippen LogP) is 6.19. The van der Waals surface area contributed by atoms with Crippen molar-refractivity contribution in [2.75, 3.05) is 0 Å². The van der Waals surface area contributed by atoms with Gasteiger partial charge in [0.15, 0.2) is 0 Å². The van der Waals surface area contributed by atoms with Crippen LogP contribution in [0.2, 0.25) is 0 Å². The van der Waals surface area contributed by atoms with Gasteiger partial charge in [-0.05, 0) is 68.4 Å². The van der Waals surface area contributed by atoms with Gasteiger partial charge < -0.3 is 0 Å². The van der Waals surface area contributed by atoms with Gasteiger partial charge in [-0.1, -0.05) is 33.4 Å². The van der Waals surface area contributed by atoms with Crippen molar-refractivity contribution in [1.29, 1.82) is 0 Å². The third-order valence-corrected chi connectivity index (χ3v) is 4.82. The molecule has 2 heterocycles. The summed E-state index contributed by atoms with van der Waals surface area (Å²) in [7, 11) is 0. The zero-order chi connectivity index (χ0) is 19.7. The number of aromatic nitrogens is 2. The summed E-state index contributed by atoms with van der Waals surface area (Å²) in [5.41, 5.74) is 9.11. The molecule has 1 aromatic heterocycles.